The standard InChI is InChI=1S/C21H32N4O/c1-15(2)13-25-17(4)19(16(3)23-25)11-12-21(26)22-20-10-8-7-9-18(20)14-24(5)6/h7-10,15H,11-14H2,1-6H3,(H,22,26). The van der Waals surface area contributed by atoms with Crippen molar-refractivity contribution < 1.29 is 4.79 Å². The minimum absolute atomic E-state index is 0.0478. The zero-order valence-corrected chi connectivity index (χ0v) is 17.0. The van der Waals surface area contributed by atoms with Crippen LogP contribution in [0.1, 0.15) is 42.8 Å². The summed E-state index contributed by atoms with van der Waals surface area (Å²) in [4.78, 5) is 14.6. The predicted molar refractivity (Wildman–Crippen MR) is 107 cm³/mol. The number of nitrogens with zero attached hydrogens (tertiary/aromatic N) is 3. The van der Waals surface area contributed by atoms with E-state index in [2.05, 4.69) is 46.8 Å². The summed E-state index contributed by atoms with van der Waals surface area (Å²) in [6.07, 6.45) is 1.18. The highest BCUT2D eigenvalue weighted by molar-refractivity contribution is 5.91. The van der Waals surface area contributed by atoms with Gasteiger partial charge in [-0.3, -0.25) is 9.48 Å². The summed E-state index contributed by atoms with van der Waals surface area (Å²) in [5, 5.41) is 7.71. The molecule has 0 bridgehead atoms. The zero-order valence-electron chi connectivity index (χ0n) is 17.0. The highest BCUT2D eigenvalue weighted by Crippen LogP contribution is 2.19. The smallest absolute Gasteiger partial charge is 0.224 e. The lowest BCUT2D eigenvalue weighted by Crippen LogP contribution is -2.17. The molecule has 0 aliphatic rings. The van der Waals surface area contributed by atoms with Crippen molar-refractivity contribution in [2.24, 2.45) is 5.92 Å². The van der Waals surface area contributed by atoms with Crippen molar-refractivity contribution in [2.75, 3.05) is 19.4 Å². The number of carbonyl (C=O) groups excluding carboxylic acids is 1. The number of anilines is 1. The molecule has 1 aromatic heterocycles. The molecule has 0 unspecified atom stereocenters. The number of aryl methyl sites for hydroxylation is 1. The molecule has 2 aromatic rings. The summed E-state index contributed by atoms with van der Waals surface area (Å²) in [5.41, 5.74) is 5.43. The second-order valence-corrected chi connectivity index (χ2v) is 7.67. The first-order chi connectivity index (χ1) is 12.3. The molecule has 0 saturated heterocycles. The minimum atomic E-state index is 0.0478. The molecule has 1 N–H and O–H groups in total. The average molecular weight is 357 g/mol. The van der Waals surface area contributed by atoms with Crippen LogP contribution in [-0.4, -0.2) is 34.7 Å². The summed E-state index contributed by atoms with van der Waals surface area (Å²) < 4.78 is 2.07. The summed E-state index contributed by atoms with van der Waals surface area (Å²) in [6.45, 7) is 10.2. The molecule has 5 nitrogen and oxygen atoms in total. The van der Waals surface area contributed by atoms with Gasteiger partial charge in [0.05, 0.1) is 5.69 Å². The second-order valence-electron chi connectivity index (χ2n) is 7.67. The van der Waals surface area contributed by atoms with Crippen molar-refractivity contribution in [1.29, 1.82) is 0 Å². The van der Waals surface area contributed by atoms with Crippen molar-refractivity contribution in [3.05, 3.63) is 46.8 Å². The third kappa shape index (κ3) is 5.43. The van der Waals surface area contributed by atoms with E-state index in [1.165, 1.54) is 11.3 Å². The lowest BCUT2D eigenvalue weighted by atomic mass is 10.1. The molecule has 1 aromatic carbocycles. The van der Waals surface area contributed by atoms with Crippen LogP contribution >= 0.6 is 0 Å². The maximum Gasteiger partial charge on any atom is 0.224 e. The Balaban J connectivity index is 2.01. The molecule has 0 atom stereocenters. The first kappa shape index (κ1) is 20.2. The number of hydrogen-bond donors (Lipinski definition) is 1. The highest BCUT2D eigenvalue weighted by Gasteiger charge is 2.14. The number of aromatic nitrogens is 2. The van der Waals surface area contributed by atoms with Gasteiger partial charge in [-0.1, -0.05) is 32.0 Å². The van der Waals surface area contributed by atoms with E-state index in [1.807, 2.05) is 39.2 Å². The lowest BCUT2D eigenvalue weighted by Gasteiger charge is -2.15. The number of rotatable bonds is 8. The van der Waals surface area contributed by atoms with Crippen LogP contribution in [0.5, 0.6) is 0 Å². The molecule has 142 valence electrons. The molecule has 0 aliphatic carbocycles. The number of carbonyl (C=O) groups is 1. The van der Waals surface area contributed by atoms with E-state index in [9.17, 15) is 4.79 Å². The maximum absolute atomic E-state index is 12.5. The predicted octanol–water partition coefficient (Wildman–Crippen LogP) is 3.79. The fraction of sp³-hybridized carbons (Fsp3) is 0.524. The number of para-hydroxylation sites is 1. The first-order valence-corrected chi connectivity index (χ1v) is 9.33. The number of nitrogens with one attached hydrogen (secondary N) is 1. The van der Waals surface area contributed by atoms with Crippen LogP contribution in [0.4, 0.5) is 5.69 Å². The molecule has 5 heteroatoms. The Hall–Kier alpha value is -2.14. The van der Waals surface area contributed by atoms with Gasteiger partial charge in [-0.2, -0.15) is 5.10 Å². The van der Waals surface area contributed by atoms with Gasteiger partial charge in [0, 0.05) is 30.9 Å². The molecule has 26 heavy (non-hydrogen) atoms. The van der Waals surface area contributed by atoms with E-state index >= 15 is 0 Å². The van der Waals surface area contributed by atoms with Gasteiger partial charge in [0.15, 0.2) is 0 Å². The summed E-state index contributed by atoms with van der Waals surface area (Å²) in [6, 6.07) is 7.98. The van der Waals surface area contributed by atoms with Crippen LogP contribution in [0.3, 0.4) is 0 Å². The van der Waals surface area contributed by atoms with Gasteiger partial charge in [-0.05, 0) is 57.5 Å². The normalized spacial score (nSPS) is 11.4. The SMILES string of the molecule is Cc1nn(CC(C)C)c(C)c1CCC(=O)Nc1ccccc1CN(C)C. The quantitative estimate of drug-likeness (QED) is 0.783. The van der Waals surface area contributed by atoms with E-state index in [-0.39, 0.29) is 5.91 Å². The Bertz CT molecular complexity index is 746. The van der Waals surface area contributed by atoms with Gasteiger partial charge in [-0.15, -0.1) is 0 Å². The van der Waals surface area contributed by atoms with Crippen molar-refractivity contribution in [1.82, 2.24) is 14.7 Å². The van der Waals surface area contributed by atoms with Crippen LogP contribution in [0, 0.1) is 19.8 Å². The van der Waals surface area contributed by atoms with Gasteiger partial charge in [-0.25, -0.2) is 0 Å². The molecule has 0 aliphatic heterocycles. The molecule has 2 rings (SSSR count). The van der Waals surface area contributed by atoms with Gasteiger partial charge in [0.2, 0.25) is 5.91 Å². The lowest BCUT2D eigenvalue weighted by molar-refractivity contribution is -0.116. The fourth-order valence-corrected chi connectivity index (χ4v) is 3.19. The number of benzene rings is 1. The van der Waals surface area contributed by atoms with Crippen molar-refractivity contribution in [2.45, 2.75) is 53.6 Å². The molecule has 0 spiro atoms. The molecule has 0 saturated carbocycles. The monoisotopic (exact) mass is 356 g/mol. The van der Waals surface area contributed by atoms with Crippen molar-refractivity contribution in [3.63, 3.8) is 0 Å². The van der Waals surface area contributed by atoms with Crippen molar-refractivity contribution >= 4 is 11.6 Å². The maximum atomic E-state index is 12.5. The third-order valence-corrected chi connectivity index (χ3v) is 4.45. The Kier molecular flexibility index (Phi) is 6.98. The van der Waals surface area contributed by atoms with E-state index < -0.39 is 0 Å². The fourth-order valence-electron chi connectivity index (χ4n) is 3.19. The van der Waals surface area contributed by atoms with Gasteiger partial charge in [0.25, 0.3) is 0 Å². The zero-order chi connectivity index (χ0) is 19.3. The van der Waals surface area contributed by atoms with Crippen LogP contribution in [0.25, 0.3) is 0 Å². The van der Waals surface area contributed by atoms with Gasteiger partial charge >= 0.3 is 0 Å². The van der Waals surface area contributed by atoms with E-state index in [4.69, 9.17) is 0 Å². The van der Waals surface area contributed by atoms with Crippen LogP contribution in [0.2, 0.25) is 0 Å². The number of hydrogen-bond acceptors (Lipinski definition) is 3. The minimum Gasteiger partial charge on any atom is -0.326 e. The van der Waals surface area contributed by atoms with Gasteiger partial charge < -0.3 is 10.2 Å². The van der Waals surface area contributed by atoms with Crippen LogP contribution in [0.15, 0.2) is 24.3 Å². The third-order valence-electron chi connectivity index (χ3n) is 4.45. The first-order valence-electron chi connectivity index (χ1n) is 9.33. The molecule has 1 amide bonds. The van der Waals surface area contributed by atoms with E-state index in [0.717, 1.165) is 36.5 Å². The molecule has 0 radical (unpaired) electrons. The Morgan fingerprint density at radius 1 is 1.23 bits per heavy atom. The number of amides is 1. The van der Waals surface area contributed by atoms with Crippen molar-refractivity contribution in [3.8, 4) is 0 Å². The van der Waals surface area contributed by atoms with Crippen LogP contribution < -0.4 is 5.32 Å². The summed E-state index contributed by atoms with van der Waals surface area (Å²) >= 11 is 0. The second kappa shape index (κ2) is 8.99. The molecular weight excluding hydrogens is 324 g/mol. The van der Waals surface area contributed by atoms with E-state index in [0.29, 0.717) is 12.3 Å². The Morgan fingerprint density at radius 2 is 1.92 bits per heavy atom. The van der Waals surface area contributed by atoms with E-state index in [1.54, 1.807) is 0 Å². The molecule has 0 fully saturated rings. The summed E-state index contributed by atoms with van der Waals surface area (Å²) in [5.74, 6) is 0.601. The molecular formula is C21H32N4O. The topological polar surface area (TPSA) is 50.2 Å². The Morgan fingerprint density at radius 3 is 2.58 bits per heavy atom. The average Bonchev–Trinajstić information content (AvgIpc) is 2.80. The highest BCUT2D eigenvalue weighted by atomic mass is 16.1. The van der Waals surface area contributed by atoms with Crippen LogP contribution in [-0.2, 0) is 24.3 Å². The van der Waals surface area contributed by atoms with Gasteiger partial charge in [0.1, 0.15) is 0 Å². The Labute approximate surface area is 157 Å². The largest absolute Gasteiger partial charge is 0.326 e. The summed E-state index contributed by atoms with van der Waals surface area (Å²) in [7, 11) is 4.05. The molecule has 1 heterocycles.